The average molecular weight is 331 g/mol. The smallest absolute Gasteiger partial charge is 0.330 e. The fourth-order valence-corrected chi connectivity index (χ4v) is 3.09. The molecule has 1 aliphatic rings. The van der Waals surface area contributed by atoms with E-state index < -0.39 is 0 Å². The minimum atomic E-state index is -0.220. The van der Waals surface area contributed by atoms with E-state index >= 15 is 0 Å². The monoisotopic (exact) mass is 331 g/mol. The van der Waals surface area contributed by atoms with Crippen LogP contribution in [-0.2, 0) is 22.7 Å². The molecule has 0 spiro atoms. The molecule has 0 radical (unpaired) electrons. The first-order valence-electron chi connectivity index (χ1n) is 8.10. The van der Waals surface area contributed by atoms with Gasteiger partial charge in [0.25, 0.3) is 0 Å². The zero-order chi connectivity index (χ0) is 17.3. The Hall–Kier alpha value is -2.64. The van der Waals surface area contributed by atoms with Crippen molar-refractivity contribution in [1.29, 1.82) is 0 Å². The van der Waals surface area contributed by atoms with Crippen molar-refractivity contribution in [3.63, 3.8) is 0 Å². The fraction of sp³-hybridized carbons (Fsp3) is 0.500. The predicted octanol–water partition coefficient (Wildman–Crippen LogP) is -0.0914. The van der Waals surface area contributed by atoms with Crippen molar-refractivity contribution in [2.24, 2.45) is 0 Å². The van der Waals surface area contributed by atoms with Gasteiger partial charge in [-0.1, -0.05) is 0 Å². The number of piperazine rings is 1. The lowest BCUT2D eigenvalue weighted by Crippen LogP contribution is -2.51. The summed E-state index contributed by atoms with van der Waals surface area (Å²) in [6.07, 6.45) is 1.64. The van der Waals surface area contributed by atoms with Crippen LogP contribution < -0.4 is 5.69 Å². The number of hydrogen-bond donors (Lipinski definition) is 0. The van der Waals surface area contributed by atoms with Crippen LogP contribution in [0.3, 0.4) is 0 Å². The van der Waals surface area contributed by atoms with Crippen LogP contribution in [0.15, 0.2) is 23.1 Å². The molecule has 1 saturated heterocycles. The van der Waals surface area contributed by atoms with Gasteiger partial charge in [-0.2, -0.15) is 0 Å². The van der Waals surface area contributed by atoms with Gasteiger partial charge in [-0.3, -0.25) is 18.7 Å². The summed E-state index contributed by atoms with van der Waals surface area (Å²) in [5.41, 5.74) is 1.04. The molecule has 0 bridgehead atoms. The highest BCUT2D eigenvalue weighted by atomic mass is 16.2. The van der Waals surface area contributed by atoms with Gasteiger partial charge in [-0.15, -0.1) is 0 Å². The summed E-state index contributed by atoms with van der Waals surface area (Å²) in [7, 11) is 0. The lowest BCUT2D eigenvalue weighted by Gasteiger charge is -2.34. The molecule has 2 aromatic heterocycles. The van der Waals surface area contributed by atoms with Gasteiger partial charge in [0.2, 0.25) is 11.8 Å². The number of hydrogen-bond acceptors (Lipinski definition) is 4. The maximum atomic E-state index is 12.6. The summed E-state index contributed by atoms with van der Waals surface area (Å²) < 4.78 is 3.04. The first kappa shape index (κ1) is 16.2. The van der Waals surface area contributed by atoms with Crippen molar-refractivity contribution in [3.8, 4) is 0 Å². The third-order valence-corrected chi connectivity index (χ3v) is 4.46. The number of carbonyl (C=O) groups is 2. The average Bonchev–Trinajstić information content (AvgIpc) is 2.86. The number of imidazole rings is 1. The van der Waals surface area contributed by atoms with Crippen LogP contribution in [0.25, 0.3) is 11.2 Å². The van der Waals surface area contributed by atoms with E-state index in [9.17, 15) is 14.4 Å². The second-order valence-corrected chi connectivity index (χ2v) is 5.85. The molecule has 3 heterocycles. The summed E-state index contributed by atoms with van der Waals surface area (Å²) in [5.74, 6) is -0.0882. The van der Waals surface area contributed by atoms with Gasteiger partial charge in [0.05, 0.1) is 5.52 Å². The number of carbonyl (C=O) groups excluding carboxylic acids is 2. The van der Waals surface area contributed by atoms with Crippen LogP contribution in [0, 0.1) is 0 Å². The molecule has 2 amide bonds. The molecule has 128 valence electrons. The van der Waals surface area contributed by atoms with E-state index in [1.54, 1.807) is 32.7 Å². The Morgan fingerprint density at radius 3 is 2.42 bits per heavy atom. The third-order valence-electron chi connectivity index (χ3n) is 4.46. The first-order valence-corrected chi connectivity index (χ1v) is 8.10. The lowest BCUT2D eigenvalue weighted by atomic mass is 10.3. The molecule has 24 heavy (non-hydrogen) atoms. The summed E-state index contributed by atoms with van der Waals surface area (Å²) >= 11 is 0. The first-order chi connectivity index (χ1) is 11.5. The fourth-order valence-electron chi connectivity index (χ4n) is 3.09. The molecule has 2 aromatic rings. The second-order valence-electron chi connectivity index (χ2n) is 5.85. The van der Waals surface area contributed by atoms with Gasteiger partial charge in [0.1, 0.15) is 6.54 Å². The summed E-state index contributed by atoms with van der Waals surface area (Å²) in [6.45, 7) is 5.98. The molecule has 0 N–H and O–H groups in total. The standard InChI is InChI=1S/C16H21N5O3/c1-3-20-15-13(5-4-6-17-15)21(16(20)24)11-14(23)19-9-7-18(8-10-19)12(2)22/h4-6H,3,7-11H2,1-2H3. The Morgan fingerprint density at radius 2 is 1.79 bits per heavy atom. The minimum Gasteiger partial charge on any atom is -0.339 e. The quantitative estimate of drug-likeness (QED) is 0.787. The number of aryl methyl sites for hydroxylation is 1. The Bertz CT molecular complexity index is 830. The van der Waals surface area contributed by atoms with E-state index in [2.05, 4.69) is 4.98 Å². The van der Waals surface area contributed by atoms with Gasteiger partial charge < -0.3 is 9.80 Å². The van der Waals surface area contributed by atoms with Gasteiger partial charge in [-0.25, -0.2) is 9.78 Å². The zero-order valence-electron chi connectivity index (χ0n) is 13.9. The normalized spacial score (nSPS) is 15.1. The molecule has 0 aromatic carbocycles. The van der Waals surface area contributed by atoms with Crippen LogP contribution in [0.1, 0.15) is 13.8 Å². The van der Waals surface area contributed by atoms with Crippen molar-refractivity contribution in [2.45, 2.75) is 26.9 Å². The number of pyridine rings is 1. The van der Waals surface area contributed by atoms with Gasteiger partial charge in [0.15, 0.2) is 5.65 Å². The second kappa shape index (κ2) is 6.46. The number of nitrogens with zero attached hydrogens (tertiary/aromatic N) is 5. The summed E-state index contributed by atoms with van der Waals surface area (Å²) in [4.78, 5) is 44.2. The predicted molar refractivity (Wildman–Crippen MR) is 88.5 cm³/mol. The Kier molecular flexibility index (Phi) is 4.37. The summed E-state index contributed by atoms with van der Waals surface area (Å²) in [5, 5.41) is 0. The molecule has 0 aliphatic carbocycles. The maximum absolute atomic E-state index is 12.6. The largest absolute Gasteiger partial charge is 0.339 e. The van der Waals surface area contributed by atoms with Crippen molar-refractivity contribution in [3.05, 3.63) is 28.8 Å². The van der Waals surface area contributed by atoms with E-state index in [0.717, 1.165) is 0 Å². The topological polar surface area (TPSA) is 80.4 Å². The third kappa shape index (κ3) is 2.79. The molecular formula is C16H21N5O3. The molecule has 3 rings (SSSR count). The van der Waals surface area contributed by atoms with E-state index in [1.165, 1.54) is 11.5 Å². The SMILES string of the molecule is CCn1c(=O)n(CC(=O)N2CCN(C(C)=O)CC2)c2cccnc21. The lowest BCUT2D eigenvalue weighted by molar-refractivity contribution is -0.138. The molecule has 0 unspecified atom stereocenters. The number of rotatable bonds is 3. The molecule has 1 aliphatic heterocycles. The summed E-state index contributed by atoms with van der Waals surface area (Å²) in [6, 6.07) is 3.56. The van der Waals surface area contributed by atoms with Crippen molar-refractivity contribution in [2.75, 3.05) is 26.2 Å². The van der Waals surface area contributed by atoms with Crippen LogP contribution in [0.2, 0.25) is 0 Å². The van der Waals surface area contributed by atoms with Crippen molar-refractivity contribution < 1.29 is 9.59 Å². The van der Waals surface area contributed by atoms with Crippen LogP contribution in [0.4, 0.5) is 0 Å². The number of fused-ring (bicyclic) bond motifs is 1. The number of aromatic nitrogens is 3. The molecule has 0 atom stereocenters. The molecule has 1 fully saturated rings. The zero-order valence-corrected chi connectivity index (χ0v) is 13.9. The highest BCUT2D eigenvalue weighted by Crippen LogP contribution is 2.11. The molecule has 8 heteroatoms. The van der Waals surface area contributed by atoms with E-state index in [1.807, 2.05) is 6.92 Å². The molecule has 0 saturated carbocycles. The van der Waals surface area contributed by atoms with Gasteiger partial charge >= 0.3 is 5.69 Å². The van der Waals surface area contributed by atoms with E-state index in [4.69, 9.17) is 0 Å². The molecular weight excluding hydrogens is 310 g/mol. The van der Waals surface area contributed by atoms with Gasteiger partial charge in [0, 0.05) is 45.8 Å². The van der Waals surface area contributed by atoms with Crippen LogP contribution in [-0.4, -0.2) is 61.9 Å². The molecule has 8 nitrogen and oxygen atoms in total. The van der Waals surface area contributed by atoms with Crippen molar-refractivity contribution in [1.82, 2.24) is 23.9 Å². The highest BCUT2D eigenvalue weighted by molar-refractivity contribution is 5.80. The van der Waals surface area contributed by atoms with Gasteiger partial charge in [-0.05, 0) is 19.1 Å². The Morgan fingerprint density at radius 1 is 1.12 bits per heavy atom. The van der Waals surface area contributed by atoms with E-state index in [-0.39, 0.29) is 24.0 Å². The minimum absolute atomic E-state index is 0.00586. The van der Waals surface area contributed by atoms with Crippen LogP contribution >= 0.6 is 0 Å². The highest BCUT2D eigenvalue weighted by Gasteiger charge is 2.24. The van der Waals surface area contributed by atoms with Crippen LogP contribution in [0.5, 0.6) is 0 Å². The van der Waals surface area contributed by atoms with E-state index in [0.29, 0.717) is 43.9 Å². The van der Waals surface area contributed by atoms with Crippen molar-refractivity contribution >= 4 is 23.0 Å². The Labute approximate surface area is 139 Å². The maximum Gasteiger partial charge on any atom is 0.330 e. The number of amides is 2. The Balaban J connectivity index is 1.81.